The van der Waals surface area contributed by atoms with Gasteiger partial charge in [-0.05, 0) is 19.1 Å². The fourth-order valence-corrected chi connectivity index (χ4v) is 1.20. The number of ether oxygens (including phenoxy) is 1. The van der Waals surface area contributed by atoms with Crippen molar-refractivity contribution in [2.24, 2.45) is 0 Å². The molecule has 0 unspecified atom stereocenters. The van der Waals surface area contributed by atoms with Gasteiger partial charge in [0.2, 0.25) is 0 Å². The van der Waals surface area contributed by atoms with E-state index in [0.717, 1.165) is 0 Å². The second-order valence-electron chi connectivity index (χ2n) is 3.21. The van der Waals surface area contributed by atoms with E-state index in [-0.39, 0.29) is 24.0 Å². The highest BCUT2D eigenvalue weighted by atomic mass is 35.5. The molecular weight excluding hydrogens is 246 g/mol. The molecule has 0 bridgehead atoms. The summed E-state index contributed by atoms with van der Waals surface area (Å²) in [7, 11) is 1.48. The number of halogens is 1. The minimum atomic E-state index is -0.467. The standard InChI is InChI=1S/C10H12ClN3O3/c1-3-17-9(15)6-14(2)10(16)7-4-5-8(11)13-12-7/h4-5H,3,6H2,1-2H3. The van der Waals surface area contributed by atoms with Crippen molar-refractivity contribution in [3.05, 3.63) is 23.0 Å². The maximum Gasteiger partial charge on any atom is 0.325 e. The van der Waals surface area contributed by atoms with E-state index in [4.69, 9.17) is 16.3 Å². The third-order valence-electron chi connectivity index (χ3n) is 1.87. The molecule has 0 radical (unpaired) electrons. The quantitative estimate of drug-likeness (QED) is 0.745. The van der Waals surface area contributed by atoms with Gasteiger partial charge in [0.25, 0.3) is 5.91 Å². The summed E-state index contributed by atoms with van der Waals surface area (Å²) < 4.78 is 4.73. The van der Waals surface area contributed by atoms with Crippen LogP contribution in [0, 0.1) is 0 Å². The molecule has 1 heterocycles. The lowest BCUT2D eigenvalue weighted by atomic mass is 10.3. The summed E-state index contributed by atoms with van der Waals surface area (Å²) in [5, 5.41) is 7.38. The molecule has 6 nitrogen and oxygen atoms in total. The fourth-order valence-electron chi connectivity index (χ4n) is 1.10. The SMILES string of the molecule is CCOC(=O)CN(C)C(=O)c1ccc(Cl)nn1. The number of hydrogen-bond donors (Lipinski definition) is 0. The Hall–Kier alpha value is -1.69. The molecule has 1 amide bonds. The highest BCUT2D eigenvalue weighted by Gasteiger charge is 2.16. The van der Waals surface area contributed by atoms with Gasteiger partial charge in [0.1, 0.15) is 6.54 Å². The molecule has 7 heteroatoms. The molecule has 0 aliphatic rings. The topological polar surface area (TPSA) is 72.4 Å². The van der Waals surface area contributed by atoms with Crippen LogP contribution >= 0.6 is 11.6 Å². The van der Waals surface area contributed by atoms with Crippen molar-refractivity contribution in [1.29, 1.82) is 0 Å². The Morgan fingerprint density at radius 1 is 1.41 bits per heavy atom. The van der Waals surface area contributed by atoms with E-state index in [9.17, 15) is 9.59 Å². The number of likely N-dealkylation sites (N-methyl/N-ethyl adjacent to an activating group) is 1. The van der Waals surface area contributed by atoms with Gasteiger partial charge in [-0.2, -0.15) is 0 Å². The van der Waals surface area contributed by atoms with Crippen molar-refractivity contribution in [3.8, 4) is 0 Å². The monoisotopic (exact) mass is 257 g/mol. The molecule has 0 aromatic carbocycles. The van der Waals surface area contributed by atoms with Crippen LogP contribution in [0.1, 0.15) is 17.4 Å². The van der Waals surface area contributed by atoms with Gasteiger partial charge in [-0.15, -0.1) is 10.2 Å². The van der Waals surface area contributed by atoms with Crippen molar-refractivity contribution in [3.63, 3.8) is 0 Å². The lowest BCUT2D eigenvalue weighted by Crippen LogP contribution is -2.33. The average molecular weight is 258 g/mol. The van der Waals surface area contributed by atoms with Crippen molar-refractivity contribution in [2.45, 2.75) is 6.92 Å². The Morgan fingerprint density at radius 2 is 2.12 bits per heavy atom. The first-order valence-corrected chi connectivity index (χ1v) is 5.32. The zero-order chi connectivity index (χ0) is 12.8. The first-order chi connectivity index (χ1) is 8.04. The minimum absolute atomic E-state index is 0.126. The molecule has 0 saturated heterocycles. The molecule has 0 fully saturated rings. The van der Waals surface area contributed by atoms with Crippen LogP contribution in [0.5, 0.6) is 0 Å². The first kappa shape index (κ1) is 13.4. The van der Waals surface area contributed by atoms with Crippen LogP contribution in [0.3, 0.4) is 0 Å². The molecule has 1 aromatic heterocycles. The van der Waals surface area contributed by atoms with Gasteiger partial charge in [-0.25, -0.2) is 0 Å². The van der Waals surface area contributed by atoms with E-state index in [1.807, 2.05) is 0 Å². The van der Waals surface area contributed by atoms with Crippen LogP contribution in [-0.2, 0) is 9.53 Å². The van der Waals surface area contributed by atoms with Crippen LogP contribution in [0.25, 0.3) is 0 Å². The number of carbonyl (C=O) groups excluding carboxylic acids is 2. The first-order valence-electron chi connectivity index (χ1n) is 4.95. The molecule has 0 saturated carbocycles. The van der Waals surface area contributed by atoms with Gasteiger partial charge in [0.15, 0.2) is 10.8 Å². The maximum absolute atomic E-state index is 11.8. The molecule has 1 rings (SSSR count). The Bertz CT molecular complexity index is 408. The minimum Gasteiger partial charge on any atom is -0.465 e. The van der Waals surface area contributed by atoms with Crippen LogP contribution in [-0.4, -0.2) is 47.2 Å². The number of nitrogens with zero attached hydrogens (tertiary/aromatic N) is 3. The average Bonchev–Trinajstić information content (AvgIpc) is 2.29. The van der Waals surface area contributed by atoms with E-state index in [1.54, 1.807) is 6.92 Å². The van der Waals surface area contributed by atoms with Gasteiger partial charge in [0.05, 0.1) is 6.61 Å². The van der Waals surface area contributed by atoms with Gasteiger partial charge in [-0.3, -0.25) is 9.59 Å². The normalized spacial score (nSPS) is 9.82. The summed E-state index contributed by atoms with van der Waals surface area (Å²) in [5.74, 6) is -0.882. The second kappa shape index (κ2) is 6.15. The van der Waals surface area contributed by atoms with E-state index in [2.05, 4.69) is 10.2 Å². The highest BCUT2D eigenvalue weighted by molar-refractivity contribution is 6.29. The summed E-state index contributed by atoms with van der Waals surface area (Å²) >= 11 is 5.55. The summed E-state index contributed by atoms with van der Waals surface area (Å²) in [6.45, 7) is 1.85. The molecule has 0 aliphatic carbocycles. The van der Waals surface area contributed by atoms with Crippen molar-refractivity contribution < 1.29 is 14.3 Å². The Balaban J connectivity index is 2.63. The van der Waals surface area contributed by atoms with Crippen LogP contribution in [0.15, 0.2) is 12.1 Å². The third-order valence-corrected chi connectivity index (χ3v) is 2.07. The second-order valence-corrected chi connectivity index (χ2v) is 3.59. The lowest BCUT2D eigenvalue weighted by Gasteiger charge is -2.14. The number of rotatable bonds is 4. The number of hydrogen-bond acceptors (Lipinski definition) is 5. The fraction of sp³-hybridized carbons (Fsp3) is 0.400. The molecule has 92 valence electrons. The summed E-state index contributed by atoms with van der Waals surface area (Å²) in [6, 6.07) is 2.90. The van der Waals surface area contributed by atoms with E-state index < -0.39 is 11.9 Å². The molecule has 17 heavy (non-hydrogen) atoms. The van der Waals surface area contributed by atoms with E-state index in [0.29, 0.717) is 0 Å². The Morgan fingerprint density at radius 3 is 2.65 bits per heavy atom. The highest BCUT2D eigenvalue weighted by Crippen LogP contribution is 2.04. The number of carbonyl (C=O) groups is 2. The molecule has 0 spiro atoms. The van der Waals surface area contributed by atoms with Crippen molar-refractivity contribution in [2.75, 3.05) is 20.2 Å². The van der Waals surface area contributed by atoms with Crippen LogP contribution in [0.4, 0.5) is 0 Å². The Labute approximate surface area is 104 Å². The summed E-state index contributed by atoms with van der Waals surface area (Å²) in [5.41, 5.74) is 0.126. The van der Waals surface area contributed by atoms with Crippen LogP contribution < -0.4 is 0 Å². The summed E-state index contributed by atoms with van der Waals surface area (Å²) in [4.78, 5) is 24.1. The van der Waals surface area contributed by atoms with Gasteiger partial charge in [0, 0.05) is 7.05 Å². The largest absolute Gasteiger partial charge is 0.465 e. The van der Waals surface area contributed by atoms with Gasteiger partial charge in [-0.1, -0.05) is 11.6 Å². The molecular formula is C10H12ClN3O3. The van der Waals surface area contributed by atoms with Crippen molar-refractivity contribution >= 4 is 23.5 Å². The maximum atomic E-state index is 11.8. The predicted molar refractivity (Wildman–Crippen MR) is 60.6 cm³/mol. The van der Waals surface area contributed by atoms with Gasteiger partial charge < -0.3 is 9.64 Å². The molecule has 0 atom stereocenters. The van der Waals surface area contributed by atoms with E-state index >= 15 is 0 Å². The lowest BCUT2D eigenvalue weighted by molar-refractivity contribution is -0.143. The summed E-state index contributed by atoms with van der Waals surface area (Å²) in [6.07, 6.45) is 0. The molecule has 0 aliphatic heterocycles. The van der Waals surface area contributed by atoms with E-state index in [1.165, 1.54) is 24.1 Å². The number of amides is 1. The van der Waals surface area contributed by atoms with Gasteiger partial charge >= 0.3 is 5.97 Å². The molecule has 1 aromatic rings. The zero-order valence-electron chi connectivity index (χ0n) is 9.51. The van der Waals surface area contributed by atoms with Crippen molar-refractivity contribution in [1.82, 2.24) is 15.1 Å². The zero-order valence-corrected chi connectivity index (χ0v) is 10.3. The number of aromatic nitrogens is 2. The van der Waals surface area contributed by atoms with Crippen LogP contribution in [0.2, 0.25) is 5.15 Å². The Kier molecular flexibility index (Phi) is 4.84. The molecule has 0 N–H and O–H groups in total. The smallest absolute Gasteiger partial charge is 0.325 e. The third kappa shape index (κ3) is 3.99. The predicted octanol–water partition coefficient (Wildman–Crippen LogP) is 0.765. The number of esters is 1.